The van der Waals surface area contributed by atoms with E-state index in [1.54, 1.807) is 0 Å². The zero-order valence-corrected chi connectivity index (χ0v) is 9.08. The number of nitrogens with two attached hydrogens (primary N) is 1. The lowest BCUT2D eigenvalue weighted by molar-refractivity contribution is -0.118. The number of amides is 1. The molecule has 1 heterocycles. The average Bonchev–Trinajstić information content (AvgIpc) is 2.47. The lowest BCUT2D eigenvalue weighted by Crippen LogP contribution is -2.30. The summed E-state index contributed by atoms with van der Waals surface area (Å²) in [5, 5.41) is 0. The van der Waals surface area contributed by atoms with Gasteiger partial charge in [-0.1, -0.05) is 6.42 Å². The number of rotatable bonds is 1. The fourth-order valence-electron chi connectivity index (χ4n) is 1.97. The molecular weight excluding hydrogens is 207 g/mol. The van der Waals surface area contributed by atoms with Gasteiger partial charge in [-0.2, -0.15) is 0 Å². The first-order valence-electron chi connectivity index (χ1n) is 5.54. The summed E-state index contributed by atoms with van der Waals surface area (Å²) in [5.41, 5.74) is 6.41. The van der Waals surface area contributed by atoms with Gasteiger partial charge < -0.3 is 10.6 Å². The Morgan fingerprint density at radius 3 is 2.88 bits per heavy atom. The van der Waals surface area contributed by atoms with Gasteiger partial charge in [0.15, 0.2) is 0 Å². The lowest BCUT2D eigenvalue weighted by Gasteiger charge is -2.21. The second-order valence-corrected chi connectivity index (χ2v) is 4.07. The van der Waals surface area contributed by atoms with Crippen LogP contribution < -0.4 is 10.6 Å². The maximum Gasteiger partial charge on any atom is 0.227 e. The predicted octanol–water partition coefficient (Wildman–Crippen LogP) is 2.31. The van der Waals surface area contributed by atoms with E-state index < -0.39 is 0 Å². The molecule has 1 aliphatic rings. The first-order valence-corrected chi connectivity index (χ1v) is 5.54. The van der Waals surface area contributed by atoms with E-state index in [1.165, 1.54) is 23.1 Å². The maximum atomic E-state index is 13.6. The van der Waals surface area contributed by atoms with Crippen molar-refractivity contribution in [3.05, 3.63) is 24.0 Å². The number of hydrogen-bond acceptors (Lipinski definition) is 2. The van der Waals surface area contributed by atoms with E-state index in [1.807, 2.05) is 0 Å². The number of carbonyl (C=O) groups excluding carboxylic acids is 1. The number of carbonyl (C=O) groups is 1. The highest BCUT2D eigenvalue weighted by Crippen LogP contribution is 2.25. The minimum atomic E-state index is -0.385. The van der Waals surface area contributed by atoms with Crippen molar-refractivity contribution in [3.8, 4) is 0 Å². The quantitative estimate of drug-likeness (QED) is 0.741. The molecule has 2 rings (SSSR count). The monoisotopic (exact) mass is 222 g/mol. The molecule has 0 bridgehead atoms. The molecule has 2 N–H and O–H groups in total. The Bertz CT molecular complexity index is 406. The van der Waals surface area contributed by atoms with Crippen LogP contribution in [0.2, 0.25) is 0 Å². The smallest absolute Gasteiger partial charge is 0.227 e. The Hall–Kier alpha value is -1.58. The minimum absolute atomic E-state index is 0.0120. The number of anilines is 2. The summed E-state index contributed by atoms with van der Waals surface area (Å²) in [6, 6.07) is 4.34. The molecule has 1 fully saturated rings. The Kier molecular flexibility index (Phi) is 3.08. The van der Waals surface area contributed by atoms with Crippen LogP contribution in [0, 0.1) is 5.82 Å². The van der Waals surface area contributed by atoms with E-state index in [-0.39, 0.29) is 11.7 Å². The van der Waals surface area contributed by atoms with E-state index >= 15 is 0 Å². The summed E-state index contributed by atoms with van der Waals surface area (Å²) >= 11 is 0. The van der Waals surface area contributed by atoms with Crippen molar-refractivity contribution >= 4 is 17.3 Å². The highest BCUT2D eigenvalue weighted by molar-refractivity contribution is 5.94. The molecule has 1 aliphatic heterocycles. The molecule has 16 heavy (non-hydrogen) atoms. The van der Waals surface area contributed by atoms with Crippen LogP contribution in [0.15, 0.2) is 18.2 Å². The maximum absolute atomic E-state index is 13.6. The van der Waals surface area contributed by atoms with Crippen molar-refractivity contribution in [3.63, 3.8) is 0 Å². The average molecular weight is 222 g/mol. The molecule has 1 saturated heterocycles. The third kappa shape index (κ3) is 2.15. The molecule has 0 aromatic heterocycles. The summed E-state index contributed by atoms with van der Waals surface area (Å²) < 4.78 is 13.6. The Labute approximate surface area is 94.0 Å². The van der Waals surface area contributed by atoms with Gasteiger partial charge in [-0.25, -0.2) is 4.39 Å². The molecule has 0 saturated carbocycles. The van der Waals surface area contributed by atoms with E-state index in [0.29, 0.717) is 24.3 Å². The number of nitrogen functional groups attached to an aromatic ring is 1. The Balaban J connectivity index is 2.33. The van der Waals surface area contributed by atoms with Gasteiger partial charge in [0.25, 0.3) is 0 Å². The standard InChI is InChI=1S/C12H15FN2O/c13-10-6-5-9(14)8-11(10)15-7-3-1-2-4-12(15)16/h5-6,8H,1-4,7,14H2. The van der Waals surface area contributed by atoms with Crippen LogP contribution in [0.5, 0.6) is 0 Å². The third-order valence-corrected chi connectivity index (χ3v) is 2.83. The number of benzene rings is 1. The highest BCUT2D eigenvalue weighted by atomic mass is 19.1. The van der Waals surface area contributed by atoms with Gasteiger partial charge in [-0.3, -0.25) is 4.79 Å². The number of halogens is 1. The van der Waals surface area contributed by atoms with Gasteiger partial charge in [0.2, 0.25) is 5.91 Å². The molecule has 86 valence electrons. The van der Waals surface area contributed by atoms with Crippen LogP contribution in [0.25, 0.3) is 0 Å². The SMILES string of the molecule is Nc1ccc(F)c(N2CCCCCC2=O)c1. The summed E-state index contributed by atoms with van der Waals surface area (Å²) in [4.78, 5) is 13.3. The summed E-state index contributed by atoms with van der Waals surface area (Å²) in [6.45, 7) is 0.583. The Morgan fingerprint density at radius 2 is 2.06 bits per heavy atom. The zero-order valence-electron chi connectivity index (χ0n) is 9.08. The van der Waals surface area contributed by atoms with Crippen molar-refractivity contribution in [1.82, 2.24) is 0 Å². The molecule has 0 spiro atoms. The normalized spacial score (nSPS) is 17.3. The number of hydrogen-bond donors (Lipinski definition) is 1. The van der Waals surface area contributed by atoms with Gasteiger partial charge >= 0.3 is 0 Å². The van der Waals surface area contributed by atoms with Gasteiger partial charge in [0, 0.05) is 18.7 Å². The van der Waals surface area contributed by atoms with Crippen LogP contribution in [-0.2, 0) is 4.79 Å². The van der Waals surface area contributed by atoms with Crippen LogP contribution in [0.3, 0.4) is 0 Å². The fourth-order valence-corrected chi connectivity index (χ4v) is 1.97. The highest BCUT2D eigenvalue weighted by Gasteiger charge is 2.20. The first-order chi connectivity index (χ1) is 7.68. The van der Waals surface area contributed by atoms with Crippen LogP contribution in [0.1, 0.15) is 25.7 Å². The third-order valence-electron chi connectivity index (χ3n) is 2.83. The van der Waals surface area contributed by atoms with E-state index in [9.17, 15) is 9.18 Å². The molecule has 0 unspecified atom stereocenters. The van der Waals surface area contributed by atoms with E-state index in [4.69, 9.17) is 5.73 Å². The summed E-state index contributed by atoms with van der Waals surface area (Å²) in [6.07, 6.45) is 3.32. The second-order valence-electron chi connectivity index (χ2n) is 4.07. The largest absolute Gasteiger partial charge is 0.399 e. The van der Waals surface area contributed by atoms with Crippen molar-refractivity contribution in [2.75, 3.05) is 17.2 Å². The second kappa shape index (κ2) is 4.51. The predicted molar refractivity (Wildman–Crippen MR) is 61.6 cm³/mol. The van der Waals surface area contributed by atoms with Gasteiger partial charge in [0.1, 0.15) is 5.82 Å². The topological polar surface area (TPSA) is 46.3 Å². The van der Waals surface area contributed by atoms with Crippen molar-refractivity contribution in [1.29, 1.82) is 0 Å². The van der Waals surface area contributed by atoms with E-state index in [0.717, 1.165) is 19.3 Å². The molecule has 0 radical (unpaired) electrons. The van der Waals surface area contributed by atoms with Gasteiger partial charge in [-0.15, -0.1) is 0 Å². The van der Waals surface area contributed by atoms with Gasteiger partial charge in [-0.05, 0) is 31.0 Å². The van der Waals surface area contributed by atoms with E-state index in [2.05, 4.69) is 0 Å². The lowest BCUT2D eigenvalue weighted by atomic mass is 10.2. The van der Waals surface area contributed by atoms with Crippen LogP contribution in [0.4, 0.5) is 15.8 Å². The fraction of sp³-hybridized carbons (Fsp3) is 0.417. The van der Waals surface area contributed by atoms with Gasteiger partial charge in [0.05, 0.1) is 5.69 Å². The first kappa shape index (κ1) is 10.9. The van der Waals surface area contributed by atoms with Crippen LogP contribution >= 0.6 is 0 Å². The Morgan fingerprint density at radius 1 is 1.25 bits per heavy atom. The molecule has 1 amide bonds. The number of nitrogens with zero attached hydrogens (tertiary/aromatic N) is 1. The molecule has 0 atom stereocenters. The zero-order chi connectivity index (χ0) is 11.5. The van der Waals surface area contributed by atoms with Crippen LogP contribution in [-0.4, -0.2) is 12.5 Å². The summed E-state index contributed by atoms with van der Waals surface area (Å²) in [5.74, 6) is -0.397. The molecule has 1 aromatic rings. The van der Waals surface area contributed by atoms with Crippen molar-refractivity contribution < 1.29 is 9.18 Å². The van der Waals surface area contributed by atoms with Crippen molar-refractivity contribution in [2.24, 2.45) is 0 Å². The minimum Gasteiger partial charge on any atom is -0.399 e. The molecule has 1 aromatic carbocycles. The molecular formula is C12H15FN2O. The van der Waals surface area contributed by atoms with Crippen molar-refractivity contribution in [2.45, 2.75) is 25.7 Å². The molecule has 3 nitrogen and oxygen atoms in total. The molecule has 4 heteroatoms. The molecule has 0 aliphatic carbocycles. The summed E-state index contributed by atoms with van der Waals surface area (Å²) in [7, 11) is 0.